The number of thioether (sulfide) groups is 1. The first-order chi connectivity index (χ1) is 9.19. The Morgan fingerprint density at radius 2 is 1.95 bits per heavy atom. The minimum Gasteiger partial charge on any atom is -0.342 e. The van der Waals surface area contributed by atoms with Crippen LogP contribution in [0.1, 0.15) is 12.8 Å². The number of rotatable bonds is 4. The maximum absolute atomic E-state index is 12.1. The Morgan fingerprint density at radius 3 is 2.50 bits per heavy atom. The van der Waals surface area contributed by atoms with Gasteiger partial charge in [0.05, 0.1) is 5.75 Å². The minimum atomic E-state index is 0. The first-order valence-electron chi connectivity index (χ1n) is 6.52. The largest absolute Gasteiger partial charge is 0.342 e. The van der Waals surface area contributed by atoms with E-state index >= 15 is 0 Å². The van der Waals surface area contributed by atoms with Crippen molar-refractivity contribution in [2.24, 2.45) is 0 Å². The molecule has 2 rings (SSSR count). The van der Waals surface area contributed by atoms with E-state index in [-0.39, 0.29) is 18.3 Å². The van der Waals surface area contributed by atoms with Gasteiger partial charge in [-0.25, -0.2) is 0 Å². The number of piperidine rings is 1. The molecule has 3 nitrogen and oxygen atoms in total. The van der Waals surface area contributed by atoms with Crippen LogP contribution in [0.3, 0.4) is 0 Å². The lowest BCUT2D eigenvalue weighted by atomic mass is 10.1. The number of nitrogens with one attached hydrogen (secondary N) is 1. The van der Waals surface area contributed by atoms with Gasteiger partial charge in [-0.1, -0.05) is 11.6 Å². The second kappa shape index (κ2) is 8.78. The van der Waals surface area contributed by atoms with Gasteiger partial charge in [0.2, 0.25) is 5.91 Å². The topological polar surface area (TPSA) is 32.3 Å². The monoisotopic (exact) mass is 334 g/mol. The molecule has 0 aliphatic carbocycles. The third kappa shape index (κ3) is 5.17. The molecule has 0 spiro atoms. The summed E-state index contributed by atoms with van der Waals surface area (Å²) in [6, 6.07) is 8.17. The molecule has 0 bridgehead atoms. The molecule has 20 heavy (non-hydrogen) atoms. The molecular weight excluding hydrogens is 315 g/mol. The van der Waals surface area contributed by atoms with Crippen LogP contribution in [0, 0.1) is 0 Å². The van der Waals surface area contributed by atoms with Crippen LogP contribution in [0.4, 0.5) is 0 Å². The van der Waals surface area contributed by atoms with E-state index in [2.05, 4.69) is 5.32 Å². The lowest BCUT2D eigenvalue weighted by Crippen LogP contribution is -2.44. The summed E-state index contributed by atoms with van der Waals surface area (Å²) in [6.45, 7) is 1.73. The van der Waals surface area contributed by atoms with E-state index in [1.54, 1.807) is 11.8 Å². The van der Waals surface area contributed by atoms with Crippen LogP contribution in [0.25, 0.3) is 0 Å². The third-order valence-corrected chi connectivity index (χ3v) is 4.68. The maximum Gasteiger partial charge on any atom is 0.232 e. The molecule has 6 heteroatoms. The SMILES string of the molecule is CNC1CCN(C(=O)CSc2ccc(Cl)cc2)CC1.Cl. The average molecular weight is 335 g/mol. The van der Waals surface area contributed by atoms with Crippen LogP contribution in [0.5, 0.6) is 0 Å². The summed E-state index contributed by atoms with van der Waals surface area (Å²) in [4.78, 5) is 15.1. The summed E-state index contributed by atoms with van der Waals surface area (Å²) in [6.07, 6.45) is 2.10. The second-order valence-electron chi connectivity index (χ2n) is 4.69. The molecule has 1 saturated heterocycles. The summed E-state index contributed by atoms with van der Waals surface area (Å²) in [5, 5.41) is 4.00. The summed E-state index contributed by atoms with van der Waals surface area (Å²) < 4.78 is 0. The maximum atomic E-state index is 12.1. The van der Waals surface area contributed by atoms with Gasteiger partial charge >= 0.3 is 0 Å². The van der Waals surface area contributed by atoms with Gasteiger partial charge in [-0.15, -0.1) is 24.2 Å². The number of halogens is 2. The minimum absolute atomic E-state index is 0. The van der Waals surface area contributed by atoms with Gasteiger partial charge in [0.15, 0.2) is 0 Å². The predicted octanol–water partition coefficient (Wildman–Crippen LogP) is 3.06. The predicted molar refractivity (Wildman–Crippen MR) is 88.1 cm³/mol. The first kappa shape index (κ1) is 17.6. The zero-order chi connectivity index (χ0) is 13.7. The normalized spacial score (nSPS) is 15.8. The molecule has 1 aliphatic rings. The van der Waals surface area contributed by atoms with Crippen LogP contribution >= 0.6 is 35.8 Å². The Hall–Kier alpha value is -0.420. The molecule has 0 unspecified atom stereocenters. The van der Waals surface area contributed by atoms with E-state index < -0.39 is 0 Å². The summed E-state index contributed by atoms with van der Waals surface area (Å²) >= 11 is 7.41. The van der Waals surface area contributed by atoms with E-state index in [0.717, 1.165) is 35.8 Å². The molecular formula is C14H20Cl2N2OS. The van der Waals surface area contributed by atoms with Gasteiger partial charge in [-0.05, 0) is 44.2 Å². The highest BCUT2D eigenvalue weighted by atomic mass is 35.5. The fourth-order valence-corrected chi connectivity index (χ4v) is 3.11. The van der Waals surface area contributed by atoms with Gasteiger partial charge < -0.3 is 10.2 Å². The summed E-state index contributed by atoms with van der Waals surface area (Å²) in [7, 11) is 1.98. The summed E-state index contributed by atoms with van der Waals surface area (Å²) in [5.74, 6) is 0.737. The molecule has 1 N–H and O–H groups in total. The molecule has 0 atom stereocenters. The van der Waals surface area contributed by atoms with Crippen LogP contribution in [0.15, 0.2) is 29.2 Å². The van der Waals surface area contributed by atoms with Gasteiger partial charge in [0, 0.05) is 29.0 Å². The zero-order valence-electron chi connectivity index (χ0n) is 11.5. The fraction of sp³-hybridized carbons (Fsp3) is 0.500. The van der Waals surface area contributed by atoms with Crippen molar-refractivity contribution in [1.82, 2.24) is 10.2 Å². The smallest absolute Gasteiger partial charge is 0.232 e. The van der Waals surface area contributed by atoms with Crippen molar-refractivity contribution >= 4 is 41.7 Å². The van der Waals surface area contributed by atoms with Crippen LogP contribution in [-0.2, 0) is 4.79 Å². The van der Waals surface area contributed by atoms with Crippen molar-refractivity contribution in [3.63, 3.8) is 0 Å². The molecule has 1 heterocycles. The number of likely N-dealkylation sites (tertiary alicyclic amines) is 1. The standard InChI is InChI=1S/C14H19ClN2OS.ClH/c1-16-12-6-8-17(9-7-12)14(18)10-19-13-4-2-11(15)3-5-13;/h2-5,12,16H,6-10H2,1H3;1H. The van der Waals surface area contributed by atoms with Crippen LogP contribution in [-0.4, -0.2) is 42.7 Å². The number of hydrogen-bond acceptors (Lipinski definition) is 3. The molecule has 112 valence electrons. The highest BCUT2D eigenvalue weighted by molar-refractivity contribution is 8.00. The fourth-order valence-electron chi connectivity index (χ4n) is 2.18. The van der Waals surface area contributed by atoms with Crippen molar-refractivity contribution in [2.45, 2.75) is 23.8 Å². The number of hydrogen-bond donors (Lipinski definition) is 1. The third-order valence-electron chi connectivity index (χ3n) is 3.43. The van der Waals surface area contributed by atoms with Crippen molar-refractivity contribution in [3.8, 4) is 0 Å². The molecule has 1 aromatic rings. The number of carbonyl (C=O) groups excluding carboxylic acids is 1. The molecule has 0 aromatic heterocycles. The quantitative estimate of drug-likeness (QED) is 0.859. The average Bonchev–Trinajstić information content (AvgIpc) is 2.46. The van der Waals surface area contributed by atoms with Crippen molar-refractivity contribution in [1.29, 1.82) is 0 Å². The van der Waals surface area contributed by atoms with Gasteiger partial charge in [0.1, 0.15) is 0 Å². The Balaban J connectivity index is 0.00000200. The van der Waals surface area contributed by atoms with E-state index in [1.807, 2.05) is 36.2 Å². The Morgan fingerprint density at radius 1 is 1.35 bits per heavy atom. The number of benzene rings is 1. The number of amides is 1. The van der Waals surface area contributed by atoms with Crippen molar-refractivity contribution in [2.75, 3.05) is 25.9 Å². The molecule has 1 fully saturated rings. The van der Waals surface area contributed by atoms with Gasteiger partial charge in [-0.2, -0.15) is 0 Å². The van der Waals surface area contributed by atoms with E-state index in [9.17, 15) is 4.79 Å². The Labute approximate surface area is 135 Å². The lowest BCUT2D eigenvalue weighted by molar-refractivity contribution is -0.129. The van der Waals surface area contributed by atoms with E-state index in [0.29, 0.717) is 11.8 Å². The van der Waals surface area contributed by atoms with Crippen molar-refractivity contribution < 1.29 is 4.79 Å². The van der Waals surface area contributed by atoms with Gasteiger partial charge in [0.25, 0.3) is 0 Å². The number of carbonyl (C=O) groups is 1. The highest BCUT2D eigenvalue weighted by Crippen LogP contribution is 2.21. The van der Waals surface area contributed by atoms with Crippen LogP contribution in [0.2, 0.25) is 5.02 Å². The Bertz CT molecular complexity index is 420. The second-order valence-corrected chi connectivity index (χ2v) is 6.17. The van der Waals surface area contributed by atoms with E-state index in [4.69, 9.17) is 11.6 Å². The molecule has 0 radical (unpaired) electrons. The summed E-state index contributed by atoms with van der Waals surface area (Å²) in [5.41, 5.74) is 0. The van der Waals surface area contributed by atoms with Crippen LogP contribution < -0.4 is 5.32 Å². The zero-order valence-corrected chi connectivity index (χ0v) is 13.9. The first-order valence-corrected chi connectivity index (χ1v) is 7.89. The Kier molecular flexibility index (Phi) is 7.74. The highest BCUT2D eigenvalue weighted by Gasteiger charge is 2.21. The van der Waals surface area contributed by atoms with Crippen molar-refractivity contribution in [3.05, 3.63) is 29.3 Å². The lowest BCUT2D eigenvalue weighted by Gasteiger charge is -2.31. The molecule has 1 aromatic carbocycles. The number of nitrogens with zero attached hydrogens (tertiary/aromatic N) is 1. The molecule has 0 saturated carbocycles. The van der Waals surface area contributed by atoms with Gasteiger partial charge in [-0.3, -0.25) is 4.79 Å². The molecule has 1 amide bonds. The molecule has 1 aliphatic heterocycles. The van der Waals surface area contributed by atoms with E-state index in [1.165, 1.54) is 0 Å².